The van der Waals surface area contributed by atoms with Crippen LogP contribution in [0.5, 0.6) is 0 Å². The molecule has 0 aliphatic carbocycles. The minimum Gasteiger partial charge on any atom is -0.352 e. The Labute approximate surface area is 117 Å². The first kappa shape index (κ1) is 14.5. The molecule has 6 heteroatoms. The molecule has 1 saturated heterocycles. The van der Waals surface area contributed by atoms with Gasteiger partial charge in [0.25, 0.3) is 5.69 Å². The van der Waals surface area contributed by atoms with Crippen LogP contribution in [-0.2, 0) is 11.2 Å². The average Bonchev–Trinajstić information content (AvgIpc) is 2.41. The van der Waals surface area contributed by atoms with E-state index in [1.54, 1.807) is 18.2 Å². The Kier molecular flexibility index (Phi) is 4.68. The molecule has 2 unspecified atom stereocenters. The number of rotatable bonds is 4. The van der Waals surface area contributed by atoms with Crippen molar-refractivity contribution in [2.24, 2.45) is 0 Å². The van der Waals surface area contributed by atoms with Crippen molar-refractivity contribution < 1.29 is 9.72 Å². The normalized spacial score (nSPS) is 22.2. The lowest BCUT2D eigenvalue weighted by atomic mass is 9.99. The van der Waals surface area contributed by atoms with E-state index in [-0.39, 0.29) is 30.1 Å². The zero-order chi connectivity index (χ0) is 14.5. The van der Waals surface area contributed by atoms with E-state index < -0.39 is 4.92 Å². The first-order chi connectivity index (χ1) is 9.58. The van der Waals surface area contributed by atoms with E-state index in [1.807, 2.05) is 6.92 Å². The number of nitro benzene ring substituents is 1. The molecule has 1 heterocycles. The molecule has 20 heavy (non-hydrogen) atoms. The third-order valence-corrected chi connectivity index (χ3v) is 3.65. The fourth-order valence-electron chi connectivity index (χ4n) is 2.51. The van der Waals surface area contributed by atoms with Crippen LogP contribution in [0.2, 0.25) is 0 Å². The van der Waals surface area contributed by atoms with Gasteiger partial charge < -0.3 is 10.6 Å². The summed E-state index contributed by atoms with van der Waals surface area (Å²) in [5, 5.41) is 17.2. The van der Waals surface area contributed by atoms with Crippen LogP contribution in [0.25, 0.3) is 0 Å². The summed E-state index contributed by atoms with van der Waals surface area (Å²) >= 11 is 0. The van der Waals surface area contributed by atoms with Gasteiger partial charge in [0.05, 0.1) is 11.3 Å². The molecule has 0 aromatic heterocycles. The Balaban J connectivity index is 1.99. The molecular formula is C14H19N3O3. The van der Waals surface area contributed by atoms with Crippen LogP contribution >= 0.6 is 0 Å². The number of hydrogen-bond acceptors (Lipinski definition) is 4. The number of amides is 1. The molecule has 0 spiro atoms. The number of benzene rings is 1. The third kappa shape index (κ3) is 3.54. The van der Waals surface area contributed by atoms with Gasteiger partial charge in [0.2, 0.25) is 5.91 Å². The maximum atomic E-state index is 12.0. The fourth-order valence-corrected chi connectivity index (χ4v) is 2.51. The number of hydrogen-bond donors (Lipinski definition) is 2. The smallest absolute Gasteiger partial charge is 0.273 e. The molecule has 1 fully saturated rings. The van der Waals surface area contributed by atoms with E-state index >= 15 is 0 Å². The van der Waals surface area contributed by atoms with E-state index in [2.05, 4.69) is 10.6 Å². The minimum absolute atomic E-state index is 0.00234. The van der Waals surface area contributed by atoms with Gasteiger partial charge in [0.1, 0.15) is 0 Å². The van der Waals surface area contributed by atoms with E-state index in [4.69, 9.17) is 0 Å². The monoisotopic (exact) mass is 277 g/mol. The number of carbonyl (C=O) groups is 1. The van der Waals surface area contributed by atoms with Crippen LogP contribution in [0.1, 0.15) is 25.3 Å². The first-order valence-corrected chi connectivity index (χ1v) is 6.83. The standard InChI is InChI=1S/C14H19N3O3/c1-10-12(6-4-8-15-10)16-14(18)9-11-5-2-3-7-13(11)17(19)20/h2-3,5,7,10,12,15H,4,6,8-9H2,1H3,(H,16,18). The first-order valence-electron chi connectivity index (χ1n) is 6.83. The summed E-state index contributed by atoms with van der Waals surface area (Å²) in [5.74, 6) is -0.167. The van der Waals surface area contributed by atoms with Crippen molar-refractivity contribution in [3.8, 4) is 0 Å². The van der Waals surface area contributed by atoms with Crippen molar-refractivity contribution in [2.45, 2.75) is 38.3 Å². The quantitative estimate of drug-likeness (QED) is 0.643. The lowest BCUT2D eigenvalue weighted by Crippen LogP contribution is -2.52. The summed E-state index contributed by atoms with van der Waals surface area (Å²) in [5.41, 5.74) is 0.448. The number of carbonyl (C=O) groups excluding carboxylic acids is 1. The number of nitrogens with zero attached hydrogens (tertiary/aromatic N) is 1. The van der Waals surface area contributed by atoms with Crippen LogP contribution in [0.15, 0.2) is 24.3 Å². The molecule has 0 bridgehead atoms. The van der Waals surface area contributed by atoms with E-state index in [9.17, 15) is 14.9 Å². The molecule has 2 N–H and O–H groups in total. The molecule has 1 aromatic rings. The van der Waals surface area contributed by atoms with Crippen LogP contribution in [0.4, 0.5) is 5.69 Å². The molecule has 0 saturated carbocycles. The number of para-hydroxylation sites is 1. The summed E-state index contributed by atoms with van der Waals surface area (Å²) in [6.07, 6.45) is 2.01. The maximum Gasteiger partial charge on any atom is 0.273 e. The van der Waals surface area contributed by atoms with E-state index in [1.165, 1.54) is 6.07 Å². The topological polar surface area (TPSA) is 84.3 Å². The average molecular weight is 277 g/mol. The Morgan fingerprint density at radius 1 is 1.50 bits per heavy atom. The van der Waals surface area contributed by atoms with Gasteiger partial charge in [0, 0.05) is 23.7 Å². The zero-order valence-electron chi connectivity index (χ0n) is 11.5. The van der Waals surface area contributed by atoms with Crippen LogP contribution < -0.4 is 10.6 Å². The van der Waals surface area contributed by atoms with E-state index in [0.29, 0.717) is 5.56 Å². The number of nitrogens with one attached hydrogen (secondary N) is 2. The van der Waals surface area contributed by atoms with Crippen LogP contribution in [0, 0.1) is 10.1 Å². The number of nitro groups is 1. The second kappa shape index (κ2) is 6.47. The van der Waals surface area contributed by atoms with Gasteiger partial charge in [-0.3, -0.25) is 14.9 Å². The summed E-state index contributed by atoms with van der Waals surface area (Å²) in [4.78, 5) is 22.5. The lowest BCUT2D eigenvalue weighted by Gasteiger charge is -2.30. The molecule has 1 aromatic carbocycles. The summed E-state index contributed by atoms with van der Waals surface area (Å²) in [6, 6.07) is 6.69. The van der Waals surface area contributed by atoms with Gasteiger partial charge in [-0.15, -0.1) is 0 Å². The fraction of sp³-hybridized carbons (Fsp3) is 0.500. The predicted octanol–water partition coefficient (Wildman–Crippen LogP) is 1.39. The van der Waals surface area contributed by atoms with Gasteiger partial charge in [-0.1, -0.05) is 18.2 Å². The van der Waals surface area contributed by atoms with Crippen molar-refractivity contribution in [1.29, 1.82) is 0 Å². The molecule has 0 radical (unpaired) electrons. The summed E-state index contributed by atoms with van der Waals surface area (Å²) in [6.45, 7) is 3.01. The molecule has 1 aliphatic heterocycles. The largest absolute Gasteiger partial charge is 0.352 e. The Morgan fingerprint density at radius 3 is 2.95 bits per heavy atom. The molecule has 108 valence electrons. The molecular weight excluding hydrogens is 258 g/mol. The van der Waals surface area contributed by atoms with Crippen molar-refractivity contribution in [3.05, 3.63) is 39.9 Å². The van der Waals surface area contributed by atoms with Crippen molar-refractivity contribution in [3.63, 3.8) is 0 Å². The van der Waals surface area contributed by atoms with Crippen molar-refractivity contribution in [1.82, 2.24) is 10.6 Å². The molecule has 2 atom stereocenters. The van der Waals surface area contributed by atoms with Gasteiger partial charge in [-0.2, -0.15) is 0 Å². The van der Waals surface area contributed by atoms with Gasteiger partial charge in [-0.25, -0.2) is 0 Å². The third-order valence-electron chi connectivity index (χ3n) is 3.65. The second-order valence-electron chi connectivity index (χ2n) is 5.12. The molecule has 6 nitrogen and oxygen atoms in total. The second-order valence-corrected chi connectivity index (χ2v) is 5.12. The highest BCUT2D eigenvalue weighted by Gasteiger charge is 2.23. The maximum absolute atomic E-state index is 12.0. The lowest BCUT2D eigenvalue weighted by molar-refractivity contribution is -0.385. The highest BCUT2D eigenvalue weighted by Crippen LogP contribution is 2.18. The zero-order valence-corrected chi connectivity index (χ0v) is 11.5. The van der Waals surface area contributed by atoms with Crippen molar-refractivity contribution in [2.75, 3.05) is 6.54 Å². The minimum atomic E-state index is -0.451. The highest BCUT2D eigenvalue weighted by molar-refractivity contribution is 5.80. The Morgan fingerprint density at radius 2 is 2.25 bits per heavy atom. The van der Waals surface area contributed by atoms with E-state index in [0.717, 1.165) is 19.4 Å². The highest BCUT2D eigenvalue weighted by atomic mass is 16.6. The van der Waals surface area contributed by atoms with Crippen LogP contribution in [0.3, 0.4) is 0 Å². The van der Waals surface area contributed by atoms with Gasteiger partial charge in [0.15, 0.2) is 0 Å². The Bertz CT molecular complexity index is 504. The van der Waals surface area contributed by atoms with Crippen molar-refractivity contribution >= 4 is 11.6 Å². The SMILES string of the molecule is CC1NCCCC1NC(=O)Cc1ccccc1[N+](=O)[O-]. The summed E-state index contributed by atoms with van der Waals surface area (Å²) < 4.78 is 0. The predicted molar refractivity (Wildman–Crippen MR) is 75.4 cm³/mol. The Hall–Kier alpha value is -1.95. The molecule has 1 aliphatic rings. The molecule has 1 amide bonds. The number of piperidine rings is 1. The van der Waals surface area contributed by atoms with Gasteiger partial charge in [-0.05, 0) is 26.3 Å². The van der Waals surface area contributed by atoms with Crippen LogP contribution in [-0.4, -0.2) is 29.5 Å². The summed E-state index contributed by atoms with van der Waals surface area (Å²) in [7, 11) is 0. The van der Waals surface area contributed by atoms with Gasteiger partial charge >= 0.3 is 0 Å². The molecule has 2 rings (SSSR count).